The molecule has 0 saturated carbocycles. The van der Waals surface area contributed by atoms with Gasteiger partial charge in [-0.1, -0.05) is 59.9 Å². The van der Waals surface area contributed by atoms with Crippen LogP contribution in [-0.4, -0.2) is 10.5 Å². The summed E-state index contributed by atoms with van der Waals surface area (Å²) in [6, 6.07) is 22.4. The standard InChI is InChI=1S/C33H23FN2O4S/c1-18-16-21(32(38)39)9-13-24(18)27-15-12-23(40-27)17-28-31(37)36-30(20-6-10-22(34)11-7-20)26-14-8-19-4-2-3-5-25(19)29(26)35-33(36)41-28/h2-7,9-13,15-17,30H,8,14H2,1H3,(H,38,39)/p-1/b28-17+/t30-/m1/s1. The van der Waals surface area contributed by atoms with Crippen LogP contribution in [0.4, 0.5) is 4.39 Å². The molecular formula is C33H22FN2O4S-. The average Bonchev–Trinajstić information content (AvgIpc) is 3.56. The van der Waals surface area contributed by atoms with Crippen LogP contribution in [0.15, 0.2) is 98.6 Å². The van der Waals surface area contributed by atoms with Crippen LogP contribution in [0.2, 0.25) is 0 Å². The third kappa shape index (κ3) is 4.28. The lowest BCUT2D eigenvalue weighted by molar-refractivity contribution is -0.255. The molecule has 0 spiro atoms. The number of carboxylic acid groups (broad SMARTS) is 1. The van der Waals surface area contributed by atoms with Crippen LogP contribution in [0.5, 0.6) is 0 Å². The summed E-state index contributed by atoms with van der Waals surface area (Å²) in [7, 11) is 0. The molecule has 8 heteroatoms. The minimum Gasteiger partial charge on any atom is -0.545 e. The Kier molecular flexibility index (Phi) is 5.94. The van der Waals surface area contributed by atoms with Gasteiger partial charge in [0.15, 0.2) is 4.80 Å². The quantitative estimate of drug-likeness (QED) is 0.326. The Morgan fingerprint density at radius 1 is 1.05 bits per heavy atom. The number of fused-ring (bicyclic) bond motifs is 3. The normalized spacial score (nSPS) is 16.1. The zero-order valence-corrected chi connectivity index (χ0v) is 22.7. The molecule has 6 nitrogen and oxygen atoms in total. The number of carbonyl (C=O) groups excluding carboxylic acids is 1. The van der Waals surface area contributed by atoms with Gasteiger partial charge in [-0.05, 0) is 77.9 Å². The molecular weight excluding hydrogens is 539 g/mol. The van der Waals surface area contributed by atoms with E-state index < -0.39 is 12.0 Å². The minimum atomic E-state index is -1.24. The number of hydrogen-bond donors (Lipinski definition) is 0. The van der Waals surface area contributed by atoms with E-state index in [1.54, 1.807) is 54.0 Å². The first-order chi connectivity index (χ1) is 19.9. The zero-order chi connectivity index (χ0) is 28.2. The second-order valence-electron chi connectivity index (χ2n) is 10.2. The van der Waals surface area contributed by atoms with Gasteiger partial charge >= 0.3 is 0 Å². The number of carbonyl (C=O) groups is 1. The molecule has 2 aliphatic rings. The molecule has 5 aromatic rings. The van der Waals surface area contributed by atoms with Gasteiger partial charge in [-0.15, -0.1) is 0 Å². The van der Waals surface area contributed by atoms with Crippen molar-refractivity contribution in [2.24, 2.45) is 4.99 Å². The van der Waals surface area contributed by atoms with E-state index >= 15 is 0 Å². The summed E-state index contributed by atoms with van der Waals surface area (Å²) in [6.45, 7) is 1.80. The number of aromatic carboxylic acids is 1. The van der Waals surface area contributed by atoms with Crippen molar-refractivity contribution in [2.75, 3.05) is 0 Å². The third-order valence-corrected chi connectivity index (χ3v) is 8.67. The van der Waals surface area contributed by atoms with E-state index in [9.17, 15) is 19.1 Å². The van der Waals surface area contributed by atoms with Gasteiger partial charge in [0.1, 0.15) is 17.3 Å². The van der Waals surface area contributed by atoms with Crippen molar-refractivity contribution in [3.8, 4) is 11.3 Å². The Labute approximate surface area is 237 Å². The number of allylic oxidation sites excluding steroid dienone is 1. The summed E-state index contributed by atoms with van der Waals surface area (Å²) in [5, 5.41) is 11.2. The summed E-state index contributed by atoms with van der Waals surface area (Å²) in [5.41, 5.74) is 6.43. The SMILES string of the molecule is Cc1cc(C(=O)[O-])ccc1-c1ccc(/C=c2/sc3n(c2=O)[C@H](c2ccc(F)cc2)C2=C(N=3)c3ccccc3CC2)o1. The fourth-order valence-electron chi connectivity index (χ4n) is 5.74. The van der Waals surface area contributed by atoms with Crippen molar-refractivity contribution in [2.45, 2.75) is 25.8 Å². The van der Waals surface area contributed by atoms with Crippen LogP contribution in [-0.2, 0) is 6.42 Å². The van der Waals surface area contributed by atoms with Crippen LogP contribution in [0.25, 0.3) is 23.1 Å². The molecule has 0 amide bonds. The lowest BCUT2D eigenvalue weighted by atomic mass is 9.83. The molecule has 0 saturated heterocycles. The van der Waals surface area contributed by atoms with E-state index in [1.807, 2.05) is 12.1 Å². The molecule has 3 aromatic carbocycles. The van der Waals surface area contributed by atoms with Crippen molar-refractivity contribution < 1.29 is 18.7 Å². The summed E-state index contributed by atoms with van der Waals surface area (Å²) in [5.74, 6) is -0.523. The van der Waals surface area contributed by atoms with Gasteiger partial charge in [0.25, 0.3) is 5.56 Å². The molecule has 0 radical (unpaired) electrons. The molecule has 2 aromatic heterocycles. The molecule has 7 rings (SSSR count). The van der Waals surface area contributed by atoms with Crippen LogP contribution >= 0.6 is 11.3 Å². The number of benzene rings is 3. The number of furan rings is 1. The molecule has 1 aliphatic heterocycles. The minimum absolute atomic E-state index is 0.0974. The molecule has 0 fully saturated rings. The van der Waals surface area contributed by atoms with Gasteiger partial charge in [0.05, 0.1) is 22.2 Å². The van der Waals surface area contributed by atoms with E-state index in [0.717, 1.165) is 46.4 Å². The Morgan fingerprint density at radius 3 is 2.63 bits per heavy atom. The lowest BCUT2D eigenvalue weighted by Gasteiger charge is -2.30. The Balaban J connectivity index is 1.36. The predicted octanol–water partition coefficient (Wildman–Crippen LogP) is 4.39. The number of rotatable bonds is 4. The fraction of sp³-hybridized carbons (Fsp3) is 0.121. The molecule has 0 N–H and O–H groups in total. The maximum absolute atomic E-state index is 13.9. The van der Waals surface area contributed by atoms with Crippen LogP contribution in [0.1, 0.15) is 50.8 Å². The van der Waals surface area contributed by atoms with Gasteiger partial charge in [0, 0.05) is 17.2 Å². The number of thiazole rings is 1. The smallest absolute Gasteiger partial charge is 0.271 e. The van der Waals surface area contributed by atoms with Crippen molar-refractivity contribution in [3.05, 3.63) is 144 Å². The molecule has 1 aliphatic carbocycles. The average molecular weight is 562 g/mol. The topological polar surface area (TPSA) is 87.6 Å². The summed E-state index contributed by atoms with van der Waals surface area (Å²) in [4.78, 5) is 30.7. The Bertz CT molecular complexity index is 2080. The summed E-state index contributed by atoms with van der Waals surface area (Å²) in [6.07, 6.45) is 3.29. The molecule has 0 bridgehead atoms. The highest BCUT2D eigenvalue weighted by Crippen LogP contribution is 2.41. The highest BCUT2D eigenvalue weighted by Gasteiger charge is 2.32. The van der Waals surface area contributed by atoms with Crippen molar-refractivity contribution in [1.82, 2.24) is 4.57 Å². The van der Waals surface area contributed by atoms with Gasteiger partial charge < -0.3 is 14.3 Å². The number of halogens is 1. The monoisotopic (exact) mass is 561 g/mol. The van der Waals surface area contributed by atoms with E-state index in [0.29, 0.717) is 20.9 Å². The second-order valence-corrected chi connectivity index (χ2v) is 11.2. The fourth-order valence-corrected chi connectivity index (χ4v) is 6.72. The largest absolute Gasteiger partial charge is 0.545 e. The zero-order valence-electron chi connectivity index (χ0n) is 21.9. The van der Waals surface area contributed by atoms with Gasteiger partial charge in [-0.25, -0.2) is 9.38 Å². The number of nitrogens with zero attached hydrogens (tertiary/aromatic N) is 2. The number of aryl methyl sites for hydroxylation is 2. The molecule has 0 unspecified atom stereocenters. The maximum Gasteiger partial charge on any atom is 0.271 e. The first kappa shape index (κ1) is 25.2. The highest BCUT2D eigenvalue weighted by molar-refractivity contribution is 7.07. The van der Waals surface area contributed by atoms with E-state index in [-0.39, 0.29) is 16.9 Å². The number of hydrogen-bond acceptors (Lipinski definition) is 6. The predicted molar refractivity (Wildman–Crippen MR) is 152 cm³/mol. The summed E-state index contributed by atoms with van der Waals surface area (Å²) >= 11 is 1.29. The van der Waals surface area contributed by atoms with E-state index in [2.05, 4.69) is 12.1 Å². The van der Waals surface area contributed by atoms with Crippen LogP contribution in [0, 0.1) is 12.7 Å². The van der Waals surface area contributed by atoms with Crippen molar-refractivity contribution in [1.29, 1.82) is 0 Å². The molecule has 3 heterocycles. The summed E-state index contributed by atoms with van der Waals surface area (Å²) < 4.78 is 22.1. The first-order valence-electron chi connectivity index (χ1n) is 13.2. The van der Waals surface area contributed by atoms with E-state index in [4.69, 9.17) is 9.41 Å². The molecule has 41 heavy (non-hydrogen) atoms. The van der Waals surface area contributed by atoms with Gasteiger partial charge in [-0.3, -0.25) is 9.36 Å². The number of carboxylic acids is 1. The Morgan fingerprint density at radius 2 is 1.85 bits per heavy atom. The second kappa shape index (κ2) is 9.67. The third-order valence-electron chi connectivity index (χ3n) is 7.69. The van der Waals surface area contributed by atoms with Crippen molar-refractivity contribution >= 4 is 29.1 Å². The highest BCUT2D eigenvalue weighted by atomic mass is 32.1. The van der Waals surface area contributed by atoms with Gasteiger partial charge in [0.2, 0.25) is 0 Å². The van der Waals surface area contributed by atoms with Crippen LogP contribution in [0.3, 0.4) is 0 Å². The lowest BCUT2D eigenvalue weighted by Crippen LogP contribution is -2.38. The van der Waals surface area contributed by atoms with E-state index in [1.165, 1.54) is 35.1 Å². The molecule has 202 valence electrons. The Hall–Kier alpha value is -4.82. The van der Waals surface area contributed by atoms with Crippen molar-refractivity contribution in [3.63, 3.8) is 0 Å². The molecule has 1 atom stereocenters. The van der Waals surface area contributed by atoms with Gasteiger partial charge in [-0.2, -0.15) is 0 Å². The maximum atomic E-state index is 13.9. The van der Waals surface area contributed by atoms with Crippen LogP contribution < -0.4 is 20.0 Å². The first-order valence-corrected chi connectivity index (χ1v) is 14.0. The number of aromatic nitrogens is 1.